The number of carboxylic acid groups (broad SMARTS) is 1. The first-order valence-corrected chi connectivity index (χ1v) is 6.84. The lowest BCUT2D eigenvalue weighted by atomic mass is 10.0. The highest BCUT2D eigenvalue weighted by molar-refractivity contribution is 5.88. The second-order valence-corrected chi connectivity index (χ2v) is 4.93. The SMILES string of the molecule is CC(=O)CCCCCC(NC(=O)CCC(=O)O)C(C)=O. The van der Waals surface area contributed by atoms with Crippen LogP contribution in [-0.2, 0) is 19.2 Å². The van der Waals surface area contributed by atoms with Crippen molar-refractivity contribution in [3.63, 3.8) is 0 Å². The van der Waals surface area contributed by atoms with Gasteiger partial charge in [0.15, 0.2) is 5.78 Å². The van der Waals surface area contributed by atoms with Gasteiger partial charge in [0.1, 0.15) is 5.78 Å². The van der Waals surface area contributed by atoms with Gasteiger partial charge in [0.05, 0.1) is 12.5 Å². The van der Waals surface area contributed by atoms with Crippen molar-refractivity contribution in [1.29, 1.82) is 0 Å². The summed E-state index contributed by atoms with van der Waals surface area (Å²) < 4.78 is 0. The molecule has 6 heteroatoms. The van der Waals surface area contributed by atoms with Crippen LogP contribution < -0.4 is 5.32 Å². The molecule has 0 rings (SSSR count). The van der Waals surface area contributed by atoms with Crippen molar-refractivity contribution in [3.8, 4) is 0 Å². The molecule has 114 valence electrons. The summed E-state index contributed by atoms with van der Waals surface area (Å²) in [5.74, 6) is -1.45. The van der Waals surface area contributed by atoms with Crippen molar-refractivity contribution in [2.24, 2.45) is 0 Å². The molecule has 0 heterocycles. The Labute approximate surface area is 118 Å². The molecule has 0 saturated carbocycles. The second kappa shape index (κ2) is 10.1. The quantitative estimate of drug-likeness (QED) is 0.560. The van der Waals surface area contributed by atoms with Gasteiger partial charge in [0.25, 0.3) is 0 Å². The van der Waals surface area contributed by atoms with Crippen molar-refractivity contribution in [3.05, 3.63) is 0 Å². The molecule has 0 bridgehead atoms. The number of hydrogen-bond donors (Lipinski definition) is 2. The van der Waals surface area contributed by atoms with Crippen LogP contribution in [0.25, 0.3) is 0 Å². The molecule has 0 fully saturated rings. The van der Waals surface area contributed by atoms with Gasteiger partial charge in [0, 0.05) is 12.8 Å². The molecule has 0 aromatic carbocycles. The second-order valence-electron chi connectivity index (χ2n) is 4.93. The summed E-state index contributed by atoms with van der Waals surface area (Å²) in [6, 6.07) is -0.561. The molecule has 1 amide bonds. The van der Waals surface area contributed by atoms with E-state index in [0.29, 0.717) is 12.8 Å². The Balaban J connectivity index is 3.98. The third-order valence-electron chi connectivity index (χ3n) is 2.91. The molecule has 20 heavy (non-hydrogen) atoms. The smallest absolute Gasteiger partial charge is 0.303 e. The maximum Gasteiger partial charge on any atom is 0.303 e. The minimum atomic E-state index is -1.04. The molecule has 0 aliphatic carbocycles. The molecule has 0 aromatic heterocycles. The Morgan fingerprint density at radius 2 is 1.60 bits per heavy atom. The van der Waals surface area contributed by atoms with Gasteiger partial charge in [-0.25, -0.2) is 0 Å². The normalized spacial score (nSPS) is 11.7. The van der Waals surface area contributed by atoms with E-state index in [1.165, 1.54) is 6.92 Å². The Kier molecular flexibility index (Phi) is 9.24. The van der Waals surface area contributed by atoms with Gasteiger partial charge in [-0.3, -0.25) is 14.4 Å². The summed E-state index contributed by atoms with van der Waals surface area (Å²) in [7, 11) is 0. The predicted octanol–water partition coefficient (Wildman–Crippen LogP) is 1.46. The van der Waals surface area contributed by atoms with E-state index in [1.807, 2.05) is 0 Å². The highest BCUT2D eigenvalue weighted by atomic mass is 16.4. The van der Waals surface area contributed by atoms with Gasteiger partial charge < -0.3 is 15.2 Å². The number of rotatable bonds is 11. The third kappa shape index (κ3) is 10.2. The molecule has 2 N–H and O–H groups in total. The van der Waals surface area contributed by atoms with E-state index in [0.717, 1.165) is 19.3 Å². The summed E-state index contributed by atoms with van der Waals surface area (Å²) in [4.78, 5) is 44.0. The molecular weight excluding hydrogens is 262 g/mol. The average Bonchev–Trinajstić information content (AvgIpc) is 2.33. The zero-order chi connectivity index (χ0) is 15.5. The zero-order valence-electron chi connectivity index (χ0n) is 12.1. The van der Waals surface area contributed by atoms with Gasteiger partial charge in [-0.1, -0.05) is 12.8 Å². The van der Waals surface area contributed by atoms with Crippen molar-refractivity contribution >= 4 is 23.4 Å². The fourth-order valence-corrected chi connectivity index (χ4v) is 1.76. The van der Waals surface area contributed by atoms with E-state index in [1.54, 1.807) is 6.92 Å². The number of unbranched alkanes of at least 4 members (excludes halogenated alkanes) is 2. The fourth-order valence-electron chi connectivity index (χ4n) is 1.76. The monoisotopic (exact) mass is 285 g/mol. The van der Waals surface area contributed by atoms with Crippen LogP contribution in [0.2, 0.25) is 0 Å². The lowest BCUT2D eigenvalue weighted by molar-refractivity contribution is -0.139. The highest BCUT2D eigenvalue weighted by Gasteiger charge is 2.17. The minimum Gasteiger partial charge on any atom is -0.481 e. The lowest BCUT2D eigenvalue weighted by Gasteiger charge is -2.15. The molecule has 0 saturated heterocycles. The number of ketones is 2. The Morgan fingerprint density at radius 1 is 0.950 bits per heavy atom. The molecule has 1 atom stereocenters. The number of hydrogen-bond acceptors (Lipinski definition) is 4. The van der Waals surface area contributed by atoms with Crippen molar-refractivity contribution in [2.75, 3.05) is 0 Å². The summed E-state index contributed by atoms with van der Waals surface area (Å²) in [5, 5.41) is 11.0. The van der Waals surface area contributed by atoms with Crippen LogP contribution in [0.4, 0.5) is 0 Å². The Morgan fingerprint density at radius 3 is 2.10 bits per heavy atom. The van der Waals surface area contributed by atoms with E-state index < -0.39 is 17.9 Å². The number of amides is 1. The lowest BCUT2D eigenvalue weighted by Crippen LogP contribution is -2.39. The maximum absolute atomic E-state index is 11.5. The summed E-state index contributed by atoms with van der Waals surface area (Å²) in [6.45, 7) is 2.94. The molecule has 0 aliphatic rings. The first-order chi connectivity index (χ1) is 9.32. The van der Waals surface area contributed by atoms with Crippen molar-refractivity contribution in [2.45, 2.75) is 64.8 Å². The van der Waals surface area contributed by atoms with Gasteiger partial charge in [0.2, 0.25) is 5.91 Å². The van der Waals surface area contributed by atoms with E-state index in [9.17, 15) is 19.2 Å². The zero-order valence-corrected chi connectivity index (χ0v) is 12.1. The summed E-state index contributed by atoms with van der Waals surface area (Å²) >= 11 is 0. The number of aliphatic carboxylic acids is 1. The molecule has 0 spiro atoms. The number of nitrogens with one attached hydrogen (secondary N) is 1. The molecule has 0 aliphatic heterocycles. The largest absolute Gasteiger partial charge is 0.481 e. The van der Waals surface area contributed by atoms with Crippen LogP contribution in [0.5, 0.6) is 0 Å². The first kappa shape index (κ1) is 18.3. The minimum absolute atomic E-state index is 0.122. The summed E-state index contributed by atoms with van der Waals surface area (Å²) in [6.07, 6.45) is 3.05. The van der Waals surface area contributed by atoms with Crippen LogP contribution in [0.1, 0.15) is 58.8 Å². The number of Topliss-reactive ketones (excluding diaryl/α,β-unsaturated/α-hetero) is 2. The van der Waals surface area contributed by atoms with Crippen molar-refractivity contribution in [1.82, 2.24) is 5.32 Å². The van der Waals surface area contributed by atoms with Gasteiger partial charge in [-0.15, -0.1) is 0 Å². The van der Waals surface area contributed by atoms with Crippen LogP contribution in [0, 0.1) is 0 Å². The highest BCUT2D eigenvalue weighted by Crippen LogP contribution is 2.07. The van der Waals surface area contributed by atoms with Crippen LogP contribution in [0.15, 0.2) is 0 Å². The fraction of sp³-hybridized carbons (Fsp3) is 0.714. The molecule has 6 nitrogen and oxygen atoms in total. The number of carbonyl (C=O) groups is 4. The predicted molar refractivity (Wildman–Crippen MR) is 73.2 cm³/mol. The van der Waals surface area contributed by atoms with Crippen molar-refractivity contribution < 1.29 is 24.3 Å². The standard InChI is InChI=1S/C14H23NO5/c1-10(16)6-4-3-5-7-12(11(2)17)15-13(18)8-9-14(19)20/h12H,3-9H2,1-2H3,(H,15,18)(H,19,20). The summed E-state index contributed by atoms with van der Waals surface area (Å²) in [5.41, 5.74) is 0. The van der Waals surface area contributed by atoms with Gasteiger partial charge in [-0.05, 0) is 26.7 Å². The molecular formula is C14H23NO5. The maximum atomic E-state index is 11.5. The van der Waals surface area contributed by atoms with E-state index in [-0.39, 0.29) is 24.4 Å². The van der Waals surface area contributed by atoms with Gasteiger partial charge in [-0.2, -0.15) is 0 Å². The number of carboxylic acids is 1. The molecule has 0 radical (unpaired) electrons. The topological polar surface area (TPSA) is 101 Å². The average molecular weight is 285 g/mol. The van der Waals surface area contributed by atoms with Gasteiger partial charge >= 0.3 is 5.97 Å². The molecule has 0 aromatic rings. The van der Waals surface area contributed by atoms with Crippen LogP contribution >= 0.6 is 0 Å². The third-order valence-corrected chi connectivity index (χ3v) is 2.91. The Hall–Kier alpha value is -1.72. The molecule has 1 unspecified atom stereocenters. The van der Waals surface area contributed by atoms with Crippen LogP contribution in [-0.4, -0.2) is 34.6 Å². The van der Waals surface area contributed by atoms with E-state index >= 15 is 0 Å². The first-order valence-electron chi connectivity index (χ1n) is 6.84. The Bertz CT molecular complexity index is 365. The number of carbonyl (C=O) groups excluding carboxylic acids is 3. The van der Waals surface area contributed by atoms with E-state index in [4.69, 9.17) is 5.11 Å². The van der Waals surface area contributed by atoms with E-state index in [2.05, 4.69) is 5.32 Å². The van der Waals surface area contributed by atoms with Crippen LogP contribution in [0.3, 0.4) is 0 Å².